The van der Waals surface area contributed by atoms with Gasteiger partial charge in [0.05, 0.1) is 6.04 Å². The maximum Gasteiger partial charge on any atom is 0.245 e. The lowest BCUT2D eigenvalue weighted by molar-refractivity contribution is -0.125. The third kappa shape index (κ3) is 3.76. The highest BCUT2D eigenvalue weighted by Gasteiger charge is 2.33. The second kappa shape index (κ2) is 7.49. The molecule has 0 bridgehead atoms. The molecule has 24 heavy (non-hydrogen) atoms. The molecule has 6 heteroatoms. The normalized spacial score (nSPS) is 18.2. The van der Waals surface area contributed by atoms with Crippen LogP contribution >= 0.6 is 0 Å². The van der Waals surface area contributed by atoms with E-state index in [1.807, 2.05) is 56.7 Å². The standard InChI is InChI=1S/C18H24N4O2/c1-20(13-14-24-15-7-4-3-5-8-15)16-9-6-11-22(18(16)23)17-10-12-21(2)19-17/h3-5,7-8,10,12,16H,6,9,11,13-14H2,1-2H3. The largest absolute Gasteiger partial charge is 0.492 e. The molecule has 1 aromatic carbocycles. The minimum absolute atomic E-state index is 0.111. The summed E-state index contributed by atoms with van der Waals surface area (Å²) in [7, 11) is 3.85. The zero-order valence-corrected chi connectivity index (χ0v) is 14.3. The Morgan fingerprint density at radius 1 is 1.29 bits per heavy atom. The third-order valence-corrected chi connectivity index (χ3v) is 4.37. The Bertz CT molecular complexity index is 671. The van der Waals surface area contributed by atoms with Crippen molar-refractivity contribution in [1.29, 1.82) is 0 Å². The molecule has 3 rings (SSSR count). The number of rotatable bonds is 6. The summed E-state index contributed by atoms with van der Waals surface area (Å²) in [6.07, 6.45) is 3.73. The quantitative estimate of drug-likeness (QED) is 0.813. The number of ether oxygens (including phenoxy) is 1. The van der Waals surface area contributed by atoms with Gasteiger partial charge in [0.2, 0.25) is 5.91 Å². The van der Waals surface area contributed by atoms with Crippen LogP contribution in [0.3, 0.4) is 0 Å². The van der Waals surface area contributed by atoms with E-state index in [0.29, 0.717) is 13.2 Å². The van der Waals surface area contributed by atoms with Gasteiger partial charge < -0.3 is 4.74 Å². The van der Waals surface area contributed by atoms with Crippen LogP contribution < -0.4 is 9.64 Å². The Balaban J connectivity index is 1.56. The van der Waals surface area contributed by atoms with Crippen LogP contribution in [0, 0.1) is 0 Å². The van der Waals surface area contributed by atoms with Crippen LogP contribution in [0.1, 0.15) is 12.8 Å². The molecule has 0 radical (unpaired) electrons. The van der Waals surface area contributed by atoms with E-state index in [4.69, 9.17) is 4.74 Å². The van der Waals surface area contributed by atoms with Crippen LogP contribution in [0.2, 0.25) is 0 Å². The number of piperidine rings is 1. The Hall–Kier alpha value is -2.34. The van der Waals surface area contributed by atoms with Gasteiger partial charge in [-0.1, -0.05) is 18.2 Å². The molecule has 1 fully saturated rings. The number of nitrogens with zero attached hydrogens (tertiary/aromatic N) is 4. The van der Waals surface area contributed by atoms with Crippen molar-refractivity contribution in [3.05, 3.63) is 42.6 Å². The number of carbonyl (C=O) groups is 1. The van der Waals surface area contributed by atoms with Gasteiger partial charge in [0.1, 0.15) is 12.4 Å². The summed E-state index contributed by atoms with van der Waals surface area (Å²) >= 11 is 0. The van der Waals surface area contributed by atoms with Crippen LogP contribution in [0.15, 0.2) is 42.6 Å². The van der Waals surface area contributed by atoms with Crippen molar-refractivity contribution >= 4 is 11.7 Å². The second-order valence-corrected chi connectivity index (χ2v) is 6.14. The number of likely N-dealkylation sites (N-methyl/N-ethyl adjacent to an activating group) is 1. The maximum absolute atomic E-state index is 12.8. The molecular formula is C18H24N4O2. The number of carbonyl (C=O) groups excluding carboxylic acids is 1. The summed E-state index contributed by atoms with van der Waals surface area (Å²) in [6.45, 7) is 2.01. The topological polar surface area (TPSA) is 50.6 Å². The molecule has 0 N–H and O–H groups in total. The minimum Gasteiger partial charge on any atom is -0.492 e. The first-order chi connectivity index (χ1) is 11.6. The highest BCUT2D eigenvalue weighted by molar-refractivity contribution is 5.97. The molecule has 1 aliphatic rings. The molecule has 128 valence electrons. The van der Waals surface area contributed by atoms with E-state index >= 15 is 0 Å². The van der Waals surface area contributed by atoms with E-state index in [1.165, 1.54) is 0 Å². The summed E-state index contributed by atoms with van der Waals surface area (Å²) in [5.74, 6) is 1.72. The van der Waals surface area contributed by atoms with Gasteiger partial charge in [-0.2, -0.15) is 5.10 Å². The van der Waals surface area contributed by atoms with Crippen LogP contribution in [-0.2, 0) is 11.8 Å². The van der Waals surface area contributed by atoms with Crippen molar-refractivity contribution in [3.63, 3.8) is 0 Å². The third-order valence-electron chi connectivity index (χ3n) is 4.37. The highest BCUT2D eigenvalue weighted by atomic mass is 16.5. The number of amides is 1. The molecule has 1 aliphatic heterocycles. The number of hydrogen-bond acceptors (Lipinski definition) is 4. The van der Waals surface area contributed by atoms with E-state index in [2.05, 4.69) is 10.00 Å². The lowest BCUT2D eigenvalue weighted by Crippen LogP contribution is -2.52. The fourth-order valence-corrected chi connectivity index (χ4v) is 3.02. The smallest absolute Gasteiger partial charge is 0.245 e. The van der Waals surface area contributed by atoms with Gasteiger partial charge >= 0.3 is 0 Å². The fourth-order valence-electron chi connectivity index (χ4n) is 3.02. The molecule has 2 heterocycles. The van der Waals surface area contributed by atoms with Crippen molar-refractivity contribution in [1.82, 2.24) is 14.7 Å². The first-order valence-electron chi connectivity index (χ1n) is 8.34. The number of aromatic nitrogens is 2. The van der Waals surface area contributed by atoms with E-state index in [0.717, 1.165) is 31.0 Å². The molecule has 0 saturated carbocycles. The maximum atomic E-state index is 12.8. The van der Waals surface area contributed by atoms with Gasteiger partial charge in [-0.25, -0.2) is 0 Å². The van der Waals surface area contributed by atoms with Crippen LogP contribution in [0.4, 0.5) is 5.82 Å². The van der Waals surface area contributed by atoms with Crippen LogP contribution in [0.25, 0.3) is 0 Å². The molecule has 6 nitrogen and oxygen atoms in total. The van der Waals surface area contributed by atoms with Gasteiger partial charge in [0, 0.05) is 32.4 Å². The van der Waals surface area contributed by atoms with Gasteiger partial charge in [-0.3, -0.25) is 19.3 Å². The Kier molecular flexibility index (Phi) is 5.15. The average Bonchev–Trinajstić information content (AvgIpc) is 3.02. The predicted octanol–water partition coefficient (Wildman–Crippen LogP) is 1.93. The summed E-state index contributed by atoms with van der Waals surface area (Å²) in [4.78, 5) is 16.7. The van der Waals surface area contributed by atoms with E-state index in [-0.39, 0.29) is 11.9 Å². The zero-order chi connectivity index (χ0) is 16.9. The number of aryl methyl sites for hydroxylation is 1. The summed E-state index contributed by atoms with van der Waals surface area (Å²) in [6, 6.07) is 11.5. The fraction of sp³-hybridized carbons (Fsp3) is 0.444. The molecule has 1 saturated heterocycles. The molecule has 1 aromatic heterocycles. The van der Waals surface area contributed by atoms with Crippen molar-refractivity contribution in [2.45, 2.75) is 18.9 Å². The van der Waals surface area contributed by atoms with E-state index < -0.39 is 0 Å². The van der Waals surface area contributed by atoms with Gasteiger partial charge in [-0.05, 0) is 32.0 Å². The molecule has 1 unspecified atom stereocenters. The first kappa shape index (κ1) is 16.5. The van der Waals surface area contributed by atoms with Gasteiger partial charge in [-0.15, -0.1) is 0 Å². The van der Waals surface area contributed by atoms with Crippen molar-refractivity contribution in [2.75, 3.05) is 31.6 Å². The summed E-state index contributed by atoms with van der Waals surface area (Å²) < 4.78 is 7.46. The Morgan fingerprint density at radius 3 is 2.79 bits per heavy atom. The SMILES string of the molecule is CN(CCOc1ccccc1)C1CCCN(c2ccn(C)n2)C1=O. The molecule has 0 spiro atoms. The average molecular weight is 328 g/mol. The first-order valence-corrected chi connectivity index (χ1v) is 8.34. The van der Waals surface area contributed by atoms with Gasteiger partial charge in [0.25, 0.3) is 0 Å². The van der Waals surface area contributed by atoms with Crippen LogP contribution in [0.5, 0.6) is 5.75 Å². The molecular weight excluding hydrogens is 304 g/mol. The zero-order valence-electron chi connectivity index (χ0n) is 14.3. The molecule has 2 aromatic rings. The molecule has 0 aliphatic carbocycles. The Labute approximate surface area is 142 Å². The Morgan fingerprint density at radius 2 is 2.08 bits per heavy atom. The second-order valence-electron chi connectivity index (χ2n) is 6.14. The van der Waals surface area contributed by atoms with Gasteiger partial charge in [0.15, 0.2) is 5.82 Å². The number of benzene rings is 1. The number of hydrogen-bond donors (Lipinski definition) is 0. The summed E-state index contributed by atoms with van der Waals surface area (Å²) in [5, 5.41) is 4.36. The van der Waals surface area contributed by atoms with Crippen molar-refractivity contribution < 1.29 is 9.53 Å². The minimum atomic E-state index is -0.111. The predicted molar refractivity (Wildman–Crippen MR) is 93.2 cm³/mol. The number of para-hydroxylation sites is 1. The summed E-state index contributed by atoms with van der Waals surface area (Å²) in [5.41, 5.74) is 0. The molecule has 1 amide bonds. The van der Waals surface area contributed by atoms with E-state index in [1.54, 1.807) is 9.58 Å². The van der Waals surface area contributed by atoms with Crippen LogP contribution in [-0.4, -0.2) is 53.4 Å². The monoisotopic (exact) mass is 328 g/mol. The van der Waals surface area contributed by atoms with Crippen molar-refractivity contribution in [3.8, 4) is 5.75 Å². The van der Waals surface area contributed by atoms with Crippen molar-refractivity contribution in [2.24, 2.45) is 7.05 Å². The van der Waals surface area contributed by atoms with E-state index in [9.17, 15) is 4.79 Å². The number of anilines is 1. The lowest BCUT2D eigenvalue weighted by Gasteiger charge is -2.35. The lowest BCUT2D eigenvalue weighted by atomic mass is 10.0. The molecule has 1 atom stereocenters. The highest BCUT2D eigenvalue weighted by Crippen LogP contribution is 2.21.